The van der Waals surface area contributed by atoms with Crippen LogP contribution in [-0.2, 0) is 32.1 Å². The fourth-order valence-corrected chi connectivity index (χ4v) is 6.72. The number of nitro benzene ring substituents is 1. The summed E-state index contributed by atoms with van der Waals surface area (Å²) in [5.41, 5.74) is 3.36. The molecule has 0 aliphatic carbocycles. The highest BCUT2D eigenvalue weighted by Crippen LogP contribution is 2.46. The third-order valence-electron chi connectivity index (χ3n) is 8.21. The minimum absolute atomic E-state index is 0.0543. The second-order valence-corrected chi connectivity index (χ2v) is 12.7. The van der Waals surface area contributed by atoms with Crippen molar-refractivity contribution in [3.8, 4) is 11.5 Å². The molecule has 4 aromatic rings. The Labute approximate surface area is 289 Å². The highest BCUT2D eigenvalue weighted by Gasteiger charge is 2.39. The molecular weight excluding hydrogens is 646 g/mol. The lowest BCUT2D eigenvalue weighted by Crippen LogP contribution is -2.45. The Hall–Kier alpha value is -4.91. The Morgan fingerprint density at radius 3 is 2.16 bits per heavy atom. The maximum atomic E-state index is 14.5. The number of hydrogen-bond donors (Lipinski definition) is 0. The molecule has 2 atom stereocenters. The van der Waals surface area contributed by atoms with E-state index in [1.54, 1.807) is 19.1 Å². The summed E-state index contributed by atoms with van der Waals surface area (Å²) in [6.07, 6.45) is -0.170. The van der Waals surface area contributed by atoms with Gasteiger partial charge in [0, 0.05) is 36.7 Å². The molecule has 1 aliphatic rings. The van der Waals surface area contributed by atoms with Crippen molar-refractivity contribution in [2.75, 3.05) is 52.4 Å². The summed E-state index contributed by atoms with van der Waals surface area (Å²) in [7, 11) is 5.27. The average molecular weight is 686 g/mol. The van der Waals surface area contributed by atoms with Crippen LogP contribution in [0.3, 0.4) is 0 Å². The third kappa shape index (κ3) is 9.38. The Bertz CT molecular complexity index is 1720. The summed E-state index contributed by atoms with van der Waals surface area (Å²) >= 11 is 1.51. The van der Waals surface area contributed by atoms with Crippen LogP contribution >= 0.6 is 11.8 Å². The van der Waals surface area contributed by atoms with E-state index < -0.39 is 28.9 Å². The van der Waals surface area contributed by atoms with Crippen LogP contribution in [0.1, 0.15) is 21.9 Å². The van der Waals surface area contributed by atoms with Gasteiger partial charge < -0.3 is 28.7 Å². The minimum Gasteiger partial charge on any atom is -0.497 e. The van der Waals surface area contributed by atoms with Crippen molar-refractivity contribution in [2.24, 2.45) is 0 Å². The molecule has 0 fully saturated rings. The highest BCUT2D eigenvalue weighted by atomic mass is 32.2. The van der Waals surface area contributed by atoms with E-state index in [1.165, 1.54) is 41.6 Å². The quantitative estimate of drug-likeness (QED) is 0.0825. The molecular formula is C37H39N3O8S. The van der Waals surface area contributed by atoms with E-state index in [0.29, 0.717) is 24.4 Å². The molecule has 0 radical (unpaired) electrons. The molecule has 0 saturated carbocycles. The molecule has 49 heavy (non-hydrogen) atoms. The summed E-state index contributed by atoms with van der Waals surface area (Å²) in [5, 5.41) is 10.5. The van der Waals surface area contributed by atoms with Crippen molar-refractivity contribution < 1.29 is 33.5 Å². The summed E-state index contributed by atoms with van der Waals surface area (Å²) in [5.74, 6) is 0.581. The molecule has 0 saturated heterocycles. The highest BCUT2D eigenvalue weighted by molar-refractivity contribution is 7.99. The van der Waals surface area contributed by atoms with E-state index in [-0.39, 0.29) is 18.2 Å². The lowest BCUT2D eigenvalue weighted by molar-refractivity contribution is -0.384. The van der Waals surface area contributed by atoms with Crippen LogP contribution in [0, 0.1) is 10.1 Å². The maximum absolute atomic E-state index is 14.5. The third-order valence-corrected chi connectivity index (χ3v) is 9.59. The van der Waals surface area contributed by atoms with Gasteiger partial charge in [0.05, 0.1) is 30.1 Å². The number of anilines is 1. The number of ether oxygens (including phenoxy) is 4. The van der Waals surface area contributed by atoms with Gasteiger partial charge in [-0.15, -0.1) is 11.8 Å². The predicted molar refractivity (Wildman–Crippen MR) is 187 cm³/mol. The van der Waals surface area contributed by atoms with E-state index in [9.17, 15) is 19.7 Å². The van der Waals surface area contributed by atoms with Gasteiger partial charge in [-0.05, 0) is 78.7 Å². The maximum Gasteiger partial charge on any atom is 0.332 e. The largest absolute Gasteiger partial charge is 0.497 e. The van der Waals surface area contributed by atoms with Crippen LogP contribution < -0.4 is 14.4 Å². The van der Waals surface area contributed by atoms with Crippen LogP contribution in [0.4, 0.5) is 11.4 Å². The molecule has 0 N–H and O–H groups in total. The van der Waals surface area contributed by atoms with Crippen LogP contribution in [0.15, 0.2) is 102 Å². The molecule has 12 heteroatoms. The first-order valence-electron chi connectivity index (χ1n) is 15.8. The van der Waals surface area contributed by atoms with Gasteiger partial charge in [-0.2, -0.15) is 0 Å². The number of carbonyl (C=O) groups excluding carboxylic acids is 2. The number of hydrogen-bond acceptors (Lipinski definition) is 10. The monoisotopic (exact) mass is 685 g/mol. The van der Waals surface area contributed by atoms with Crippen molar-refractivity contribution >= 4 is 35.0 Å². The Morgan fingerprint density at radius 1 is 0.878 bits per heavy atom. The number of rotatable bonds is 15. The molecule has 11 nitrogen and oxygen atoms in total. The van der Waals surface area contributed by atoms with Gasteiger partial charge in [0.15, 0.2) is 6.10 Å². The molecule has 0 unspecified atom stereocenters. The Balaban J connectivity index is 1.31. The zero-order chi connectivity index (χ0) is 34.8. The molecule has 1 amide bonds. The van der Waals surface area contributed by atoms with E-state index in [4.69, 9.17) is 18.9 Å². The number of carbonyl (C=O) groups is 2. The topological polar surface area (TPSA) is 121 Å². The lowest BCUT2D eigenvalue weighted by Gasteiger charge is -2.29. The van der Waals surface area contributed by atoms with Gasteiger partial charge in [0.2, 0.25) is 0 Å². The van der Waals surface area contributed by atoms with Gasteiger partial charge in [0.1, 0.15) is 24.7 Å². The van der Waals surface area contributed by atoms with Crippen molar-refractivity contribution in [2.45, 2.75) is 29.3 Å². The van der Waals surface area contributed by atoms with Crippen LogP contribution in [0.25, 0.3) is 0 Å². The number of fused-ring (bicyclic) bond motifs is 1. The van der Waals surface area contributed by atoms with E-state index >= 15 is 0 Å². The van der Waals surface area contributed by atoms with Crippen molar-refractivity contribution in [1.82, 2.24) is 4.90 Å². The number of nitrogens with zero attached hydrogens (tertiary/aromatic N) is 3. The van der Waals surface area contributed by atoms with E-state index in [2.05, 4.69) is 17.0 Å². The van der Waals surface area contributed by atoms with E-state index in [1.807, 2.05) is 67.7 Å². The second-order valence-electron chi connectivity index (χ2n) is 11.5. The van der Waals surface area contributed by atoms with Gasteiger partial charge in [-0.1, -0.05) is 36.4 Å². The Kier molecular flexibility index (Phi) is 12.3. The van der Waals surface area contributed by atoms with Crippen LogP contribution in [0.2, 0.25) is 0 Å². The summed E-state index contributed by atoms with van der Waals surface area (Å²) in [6, 6.07) is 29.0. The molecule has 4 aromatic carbocycles. The number of likely N-dealkylation sites (N-methyl/N-ethyl adjacent to an activating group) is 1. The smallest absolute Gasteiger partial charge is 0.332 e. The van der Waals surface area contributed by atoms with Gasteiger partial charge in [-0.3, -0.25) is 14.9 Å². The molecule has 1 heterocycles. The number of para-hydroxylation sites is 1. The second kappa shape index (κ2) is 17.0. The molecule has 5 rings (SSSR count). The number of methoxy groups -OCH3 is 2. The van der Waals surface area contributed by atoms with Gasteiger partial charge >= 0.3 is 5.97 Å². The standard InChI is InChI=1S/C37H39N3O8S/c1-38(21-20-26-10-16-30(45-2)17-11-26)22-23-39-32-6-4-5-7-33(32)49-36(28-12-18-31(46-3)19-13-28)35(37(39)42)48-25-34(41)47-24-27-8-14-29(15-9-27)40(43)44/h4-19,35-36H,20-25H2,1-3H3/t35-,36+/m0/s1. The van der Waals surface area contributed by atoms with Crippen LogP contribution in [-0.4, -0.2) is 75.3 Å². The van der Waals surface area contributed by atoms with Crippen molar-refractivity contribution in [3.63, 3.8) is 0 Å². The van der Waals surface area contributed by atoms with Crippen molar-refractivity contribution in [3.05, 3.63) is 124 Å². The fourth-order valence-electron chi connectivity index (χ4n) is 5.38. The summed E-state index contributed by atoms with van der Waals surface area (Å²) in [4.78, 5) is 42.7. The summed E-state index contributed by atoms with van der Waals surface area (Å²) < 4.78 is 22.2. The molecule has 0 aromatic heterocycles. The first kappa shape index (κ1) is 35.4. The molecule has 256 valence electrons. The number of nitro groups is 1. The zero-order valence-corrected chi connectivity index (χ0v) is 28.5. The zero-order valence-electron chi connectivity index (χ0n) is 27.7. The SMILES string of the molecule is COc1ccc(CCN(C)CCN2C(=O)[C@@H](OCC(=O)OCc3ccc([N+](=O)[O-])cc3)[C@@H](c3ccc(OC)cc3)Sc3ccccc32)cc1. The first-order chi connectivity index (χ1) is 23.7. The van der Waals surface area contributed by atoms with Crippen LogP contribution in [0.5, 0.6) is 11.5 Å². The summed E-state index contributed by atoms with van der Waals surface area (Å²) in [6.45, 7) is 1.27. The molecule has 0 bridgehead atoms. The predicted octanol–water partition coefficient (Wildman–Crippen LogP) is 6.10. The number of benzene rings is 4. The first-order valence-corrected chi connectivity index (χ1v) is 16.7. The lowest BCUT2D eigenvalue weighted by atomic mass is 10.1. The Morgan fingerprint density at radius 2 is 1.51 bits per heavy atom. The average Bonchev–Trinajstić information content (AvgIpc) is 3.25. The van der Waals surface area contributed by atoms with E-state index in [0.717, 1.165) is 34.9 Å². The van der Waals surface area contributed by atoms with Crippen molar-refractivity contribution in [1.29, 1.82) is 0 Å². The molecule has 1 aliphatic heterocycles. The normalized spacial score (nSPS) is 15.8. The number of esters is 1. The number of non-ortho nitro benzene ring substituents is 1. The van der Waals surface area contributed by atoms with Gasteiger partial charge in [-0.25, -0.2) is 4.79 Å². The van der Waals surface area contributed by atoms with Gasteiger partial charge in [0.25, 0.3) is 11.6 Å². The number of thioether (sulfide) groups is 1. The fraction of sp³-hybridized carbons (Fsp3) is 0.297. The number of amides is 1. The minimum atomic E-state index is -1.01. The molecule has 0 spiro atoms.